The van der Waals surface area contributed by atoms with E-state index in [1.165, 1.54) is 0 Å². The van der Waals surface area contributed by atoms with Gasteiger partial charge in [-0.25, -0.2) is 9.59 Å². The monoisotopic (exact) mass is 337 g/mol. The number of aliphatic carboxylic acids is 1. The number of carboxylic acids is 1. The Morgan fingerprint density at radius 1 is 1.12 bits per heavy atom. The van der Waals surface area contributed by atoms with Crippen molar-refractivity contribution in [1.82, 2.24) is 4.90 Å². The van der Waals surface area contributed by atoms with Crippen LogP contribution in [0.3, 0.4) is 0 Å². The molecule has 0 saturated carbocycles. The molecule has 132 valence electrons. The van der Waals surface area contributed by atoms with Crippen molar-refractivity contribution >= 4 is 18.0 Å². The summed E-state index contributed by atoms with van der Waals surface area (Å²) in [5, 5.41) is 18.2. The minimum absolute atomic E-state index is 0.0829. The highest BCUT2D eigenvalue weighted by atomic mass is 16.6. The van der Waals surface area contributed by atoms with Crippen LogP contribution in [-0.2, 0) is 14.3 Å². The molecule has 7 heteroatoms. The van der Waals surface area contributed by atoms with Crippen molar-refractivity contribution in [3.8, 4) is 0 Å². The summed E-state index contributed by atoms with van der Waals surface area (Å²) in [6.45, 7) is 5.01. The van der Waals surface area contributed by atoms with Crippen molar-refractivity contribution in [2.45, 2.75) is 45.3 Å². The van der Waals surface area contributed by atoms with Crippen molar-refractivity contribution in [3.05, 3.63) is 35.9 Å². The van der Waals surface area contributed by atoms with Crippen LogP contribution in [0.1, 0.15) is 45.2 Å². The van der Waals surface area contributed by atoms with E-state index in [0.29, 0.717) is 5.56 Å². The molecule has 1 rings (SSSR count). The maximum Gasteiger partial charge on any atom is 0.408 e. The Hall–Kier alpha value is -2.57. The molecule has 0 aliphatic carbocycles. The van der Waals surface area contributed by atoms with E-state index in [2.05, 4.69) is 0 Å². The number of carbonyl (C=O) groups is 3. The molecule has 24 heavy (non-hydrogen) atoms. The highest BCUT2D eigenvalue weighted by Gasteiger charge is 2.34. The Labute approximate surface area is 140 Å². The fraction of sp³-hybridized carbons (Fsp3) is 0.471. The topological polar surface area (TPSA) is 104 Å². The number of rotatable bonds is 7. The van der Waals surface area contributed by atoms with Gasteiger partial charge in [-0.05, 0) is 32.8 Å². The molecule has 0 saturated heterocycles. The minimum Gasteiger partial charge on any atom is -0.481 e. The van der Waals surface area contributed by atoms with Gasteiger partial charge in [-0.2, -0.15) is 0 Å². The number of benzene rings is 1. The lowest BCUT2D eigenvalue weighted by Gasteiger charge is -2.31. The molecule has 2 N–H and O–H groups in total. The van der Waals surface area contributed by atoms with Crippen molar-refractivity contribution in [1.29, 1.82) is 0 Å². The second-order valence-corrected chi connectivity index (χ2v) is 6.32. The zero-order valence-corrected chi connectivity index (χ0v) is 14.1. The van der Waals surface area contributed by atoms with Crippen LogP contribution in [0, 0.1) is 0 Å². The van der Waals surface area contributed by atoms with Crippen LogP contribution in [0.5, 0.6) is 0 Å². The van der Waals surface area contributed by atoms with Crippen molar-refractivity contribution in [3.63, 3.8) is 0 Å². The highest BCUT2D eigenvalue weighted by Crippen LogP contribution is 2.25. The number of hydrogen-bond acceptors (Lipinski definition) is 4. The molecule has 0 bridgehead atoms. The van der Waals surface area contributed by atoms with E-state index in [0.717, 1.165) is 4.90 Å². The molecule has 7 nitrogen and oxygen atoms in total. The molecule has 0 aliphatic heterocycles. The number of amides is 1. The predicted molar refractivity (Wildman–Crippen MR) is 86.6 cm³/mol. The van der Waals surface area contributed by atoms with Gasteiger partial charge in [0.15, 0.2) is 6.04 Å². The quantitative estimate of drug-likeness (QED) is 0.741. The average molecular weight is 337 g/mol. The second kappa shape index (κ2) is 8.33. The van der Waals surface area contributed by atoms with E-state index in [4.69, 9.17) is 9.84 Å². The zero-order valence-electron chi connectivity index (χ0n) is 14.1. The third kappa shape index (κ3) is 6.28. The molecule has 0 unspecified atom stereocenters. The third-order valence-corrected chi connectivity index (χ3v) is 3.09. The number of carbonyl (C=O) groups excluding carboxylic acids is 1. The third-order valence-electron chi connectivity index (χ3n) is 3.09. The first-order chi connectivity index (χ1) is 11.1. The Morgan fingerprint density at radius 3 is 2.17 bits per heavy atom. The van der Waals surface area contributed by atoms with Crippen LogP contribution in [0.25, 0.3) is 0 Å². The lowest BCUT2D eigenvalue weighted by atomic mass is 10.0. The van der Waals surface area contributed by atoms with Gasteiger partial charge in [0.1, 0.15) is 5.60 Å². The summed E-state index contributed by atoms with van der Waals surface area (Å²) in [7, 11) is 0. The van der Waals surface area contributed by atoms with Gasteiger partial charge in [-0.15, -0.1) is 0 Å². The van der Waals surface area contributed by atoms with Gasteiger partial charge in [0, 0.05) is 13.0 Å². The Bertz CT molecular complexity index is 578. The maximum atomic E-state index is 12.6. The summed E-state index contributed by atoms with van der Waals surface area (Å²) < 4.78 is 5.35. The summed E-state index contributed by atoms with van der Waals surface area (Å²) in [5.74, 6) is -1.71. The lowest BCUT2D eigenvalue weighted by molar-refractivity contribution is -0.161. The van der Waals surface area contributed by atoms with Crippen LogP contribution in [0.4, 0.5) is 4.79 Å². The molecular formula is C17H23NO6. The number of esters is 1. The van der Waals surface area contributed by atoms with E-state index in [1.807, 2.05) is 0 Å². The van der Waals surface area contributed by atoms with Crippen molar-refractivity contribution in [2.24, 2.45) is 0 Å². The predicted octanol–water partition coefficient (Wildman–Crippen LogP) is 2.91. The molecule has 1 amide bonds. The van der Waals surface area contributed by atoms with Crippen LogP contribution < -0.4 is 0 Å². The molecular weight excluding hydrogens is 314 g/mol. The van der Waals surface area contributed by atoms with Gasteiger partial charge >= 0.3 is 18.0 Å². The summed E-state index contributed by atoms with van der Waals surface area (Å²) >= 11 is 0. The molecule has 0 fully saturated rings. The minimum atomic E-state index is -1.31. The highest BCUT2D eigenvalue weighted by molar-refractivity contribution is 5.82. The van der Waals surface area contributed by atoms with Gasteiger partial charge < -0.3 is 14.9 Å². The fourth-order valence-electron chi connectivity index (χ4n) is 2.17. The van der Waals surface area contributed by atoms with E-state index < -0.39 is 29.7 Å². The number of hydrogen-bond donors (Lipinski definition) is 2. The molecule has 1 aromatic rings. The molecule has 0 radical (unpaired) electrons. The molecule has 1 aromatic carbocycles. The lowest BCUT2D eigenvalue weighted by Crippen LogP contribution is -2.41. The van der Waals surface area contributed by atoms with Crippen LogP contribution >= 0.6 is 0 Å². The summed E-state index contributed by atoms with van der Waals surface area (Å²) in [6, 6.07) is 7.29. The standard InChI is InChI=1S/C17H23NO6/c1-17(2,3)24-15(21)14(12-8-5-4-6-9-12)18(16(22)23)11-7-10-13(19)20/h4-6,8-9,14H,7,10-11H2,1-3H3,(H,19,20)(H,22,23)/t14-/m1/s1. The van der Waals surface area contributed by atoms with E-state index >= 15 is 0 Å². The second-order valence-electron chi connectivity index (χ2n) is 6.32. The first kappa shape index (κ1) is 19.5. The molecule has 0 aliphatic rings. The molecule has 1 atom stereocenters. The largest absolute Gasteiger partial charge is 0.481 e. The fourth-order valence-corrected chi connectivity index (χ4v) is 2.17. The smallest absolute Gasteiger partial charge is 0.408 e. The molecule has 0 heterocycles. The SMILES string of the molecule is CC(C)(C)OC(=O)[C@@H](c1ccccc1)N(CCCC(=O)O)C(=O)O. The maximum absolute atomic E-state index is 12.6. The van der Waals surface area contributed by atoms with E-state index in [9.17, 15) is 19.5 Å². The van der Waals surface area contributed by atoms with Crippen LogP contribution in [-0.4, -0.2) is 45.3 Å². The van der Waals surface area contributed by atoms with E-state index in [-0.39, 0.29) is 19.4 Å². The van der Waals surface area contributed by atoms with Gasteiger partial charge in [0.2, 0.25) is 0 Å². The number of nitrogens with zero attached hydrogens (tertiary/aromatic N) is 1. The zero-order chi connectivity index (χ0) is 18.3. The summed E-state index contributed by atoms with van der Waals surface area (Å²) in [4.78, 5) is 35.8. The Morgan fingerprint density at radius 2 is 1.71 bits per heavy atom. The normalized spacial score (nSPS) is 12.3. The number of carboxylic acid groups (broad SMARTS) is 2. The van der Waals surface area contributed by atoms with Gasteiger partial charge in [-0.3, -0.25) is 9.69 Å². The van der Waals surface area contributed by atoms with Gasteiger partial charge in [0.05, 0.1) is 0 Å². The van der Waals surface area contributed by atoms with Crippen LogP contribution in [0.15, 0.2) is 30.3 Å². The first-order valence-electron chi connectivity index (χ1n) is 7.61. The van der Waals surface area contributed by atoms with E-state index in [1.54, 1.807) is 51.1 Å². The van der Waals surface area contributed by atoms with Crippen LogP contribution in [0.2, 0.25) is 0 Å². The molecule has 0 aromatic heterocycles. The van der Waals surface area contributed by atoms with Gasteiger partial charge in [0.25, 0.3) is 0 Å². The van der Waals surface area contributed by atoms with Crippen molar-refractivity contribution in [2.75, 3.05) is 6.54 Å². The average Bonchev–Trinajstić information content (AvgIpc) is 2.44. The van der Waals surface area contributed by atoms with Gasteiger partial charge in [-0.1, -0.05) is 30.3 Å². The Balaban J connectivity index is 3.10. The molecule has 0 spiro atoms. The summed E-state index contributed by atoms with van der Waals surface area (Å²) in [5.41, 5.74) is -0.292. The summed E-state index contributed by atoms with van der Waals surface area (Å²) in [6.07, 6.45) is -1.38. The Kier molecular flexibility index (Phi) is 6.76. The number of ether oxygens (including phenoxy) is 1. The van der Waals surface area contributed by atoms with Crippen molar-refractivity contribution < 1.29 is 29.3 Å². The first-order valence-corrected chi connectivity index (χ1v) is 7.61.